The molecule has 0 spiro atoms. The second-order valence-corrected chi connectivity index (χ2v) is 11.8. The Morgan fingerprint density at radius 1 is 1.07 bits per heavy atom. The molecule has 2 aliphatic carbocycles. The lowest BCUT2D eigenvalue weighted by atomic mass is 9.75. The maximum absolute atomic E-state index is 13.1. The molecular weight excluding hydrogens is 536 g/mol. The highest BCUT2D eigenvalue weighted by molar-refractivity contribution is 5.88. The predicted molar refractivity (Wildman–Crippen MR) is 145 cm³/mol. The summed E-state index contributed by atoms with van der Waals surface area (Å²) in [6, 6.07) is 0. The minimum absolute atomic E-state index is 0.0971. The Hall–Kier alpha value is -2.76. The van der Waals surface area contributed by atoms with Crippen LogP contribution in [-0.2, 0) is 38.1 Å². The van der Waals surface area contributed by atoms with Crippen molar-refractivity contribution in [2.45, 2.75) is 135 Å². The average Bonchev–Trinajstić information content (AvgIpc) is 3.22. The highest BCUT2D eigenvalue weighted by Crippen LogP contribution is 2.56. The molecule has 1 heterocycles. The maximum Gasteiger partial charge on any atom is 0.341 e. The van der Waals surface area contributed by atoms with Crippen molar-refractivity contribution in [3.63, 3.8) is 0 Å². The molecule has 2 fully saturated rings. The minimum Gasteiger partial charge on any atom is -0.459 e. The van der Waals surface area contributed by atoms with Gasteiger partial charge in [0.05, 0.1) is 12.0 Å². The summed E-state index contributed by atoms with van der Waals surface area (Å²) in [6.07, 6.45) is -0.166. The van der Waals surface area contributed by atoms with Crippen LogP contribution in [0.15, 0.2) is 22.8 Å². The van der Waals surface area contributed by atoms with Gasteiger partial charge in [0.2, 0.25) is 0 Å². The van der Waals surface area contributed by atoms with Crippen molar-refractivity contribution in [3.05, 3.63) is 22.8 Å². The first-order valence-corrected chi connectivity index (χ1v) is 14.3. The molecule has 1 aliphatic heterocycles. The van der Waals surface area contributed by atoms with E-state index in [-0.39, 0.29) is 17.6 Å². The lowest BCUT2D eigenvalue weighted by molar-refractivity contribution is -0.199. The Labute approximate surface area is 240 Å². The normalized spacial score (nSPS) is 36.7. The number of aliphatic hydroxyl groups excluding tert-OH is 1. The van der Waals surface area contributed by atoms with Crippen LogP contribution in [0.3, 0.4) is 0 Å². The fourth-order valence-electron chi connectivity index (χ4n) is 6.38. The molecule has 1 saturated heterocycles. The number of hydrogen-bond donors (Lipinski definition) is 3. The monoisotopic (exact) mass is 580 g/mol. The second kappa shape index (κ2) is 12.2. The lowest BCUT2D eigenvalue weighted by Gasteiger charge is -2.40. The van der Waals surface area contributed by atoms with E-state index in [1.54, 1.807) is 26.8 Å². The molecule has 0 amide bonds. The summed E-state index contributed by atoms with van der Waals surface area (Å²) in [4.78, 5) is 51.2. The molecule has 0 radical (unpaired) electrons. The molecule has 8 atom stereocenters. The number of ether oxygens (including phenoxy) is 4. The van der Waals surface area contributed by atoms with Crippen molar-refractivity contribution in [3.8, 4) is 0 Å². The third-order valence-corrected chi connectivity index (χ3v) is 8.81. The first-order chi connectivity index (χ1) is 19.1. The smallest absolute Gasteiger partial charge is 0.341 e. The van der Waals surface area contributed by atoms with Gasteiger partial charge in [-0.1, -0.05) is 38.7 Å². The lowest BCUT2D eigenvalue weighted by Crippen LogP contribution is -2.63. The number of hydrogen-bond acceptors (Lipinski definition) is 11. The van der Waals surface area contributed by atoms with Crippen molar-refractivity contribution in [1.29, 1.82) is 0 Å². The van der Waals surface area contributed by atoms with Crippen LogP contribution in [0, 0.1) is 5.92 Å². The van der Waals surface area contributed by atoms with Crippen molar-refractivity contribution in [2.75, 3.05) is 0 Å². The summed E-state index contributed by atoms with van der Waals surface area (Å²) in [6.45, 7) is 10.6. The topological polar surface area (TPSA) is 166 Å². The first kappa shape index (κ1) is 32.8. The number of carbonyl (C=O) groups excluding carboxylic acids is 4. The number of rotatable bonds is 10. The van der Waals surface area contributed by atoms with Crippen LogP contribution < -0.4 is 0 Å². The third kappa shape index (κ3) is 5.81. The fraction of sp³-hybridized carbons (Fsp3) is 0.733. The van der Waals surface area contributed by atoms with E-state index in [1.165, 1.54) is 13.8 Å². The standard InChI is InChI=1S/C30H44O11/c1-8-10-11-12-13-14-20(33)38-24-22-21(17(4)23(24)39-26(34)16(3)9-2)25-30(37,29(7,36)27(35)40-25)19(32)15-28(22,6)41-18(5)31/h9,19,22-25,32,36-37H,8,10-15H2,1-7H3/b16-9-/t19-,22+,23-,24-,25-,28-,29+,30-/m0/s1. The van der Waals surface area contributed by atoms with Gasteiger partial charge in [0.1, 0.15) is 5.60 Å². The summed E-state index contributed by atoms with van der Waals surface area (Å²) in [5.41, 5.74) is -5.99. The Bertz CT molecular complexity index is 1120. The van der Waals surface area contributed by atoms with Gasteiger partial charge in [-0.3, -0.25) is 9.59 Å². The number of unbranched alkanes of at least 4 members (excludes halogenated alkanes) is 4. The molecule has 3 N–H and O–H groups in total. The molecule has 230 valence electrons. The van der Waals surface area contributed by atoms with Crippen molar-refractivity contribution >= 4 is 23.9 Å². The van der Waals surface area contributed by atoms with Crippen molar-refractivity contribution in [1.82, 2.24) is 0 Å². The summed E-state index contributed by atoms with van der Waals surface area (Å²) < 4.78 is 23.1. The van der Waals surface area contributed by atoms with Crippen LogP contribution in [0.1, 0.15) is 93.4 Å². The third-order valence-electron chi connectivity index (χ3n) is 8.81. The molecule has 1 saturated carbocycles. The number of fused-ring (bicyclic) bond motifs is 3. The molecule has 0 aromatic rings. The Balaban J connectivity index is 2.15. The summed E-state index contributed by atoms with van der Waals surface area (Å²) in [7, 11) is 0. The SMILES string of the molecule is C/C=C(/C)C(=O)O[C@H]1C(C)=C2[C@H]([C@@H]1OC(=O)CCCCCCC)[C@@](C)(OC(C)=O)C[C@H](O)[C@]1(O)[C@H]2OC(=O)[C@@]1(C)O. The van der Waals surface area contributed by atoms with Crippen LogP contribution >= 0.6 is 0 Å². The molecule has 3 rings (SSSR count). The van der Waals surface area contributed by atoms with E-state index in [0.29, 0.717) is 12.0 Å². The number of carbonyl (C=O) groups is 4. The molecule has 41 heavy (non-hydrogen) atoms. The van der Waals surface area contributed by atoms with Crippen LogP contribution in [0.2, 0.25) is 0 Å². The molecule has 11 nitrogen and oxygen atoms in total. The zero-order valence-electron chi connectivity index (χ0n) is 25.0. The molecule has 0 unspecified atom stereocenters. The highest BCUT2D eigenvalue weighted by Gasteiger charge is 2.74. The predicted octanol–water partition coefficient (Wildman–Crippen LogP) is 2.58. The quantitative estimate of drug-likeness (QED) is 0.114. The van der Waals surface area contributed by atoms with Gasteiger partial charge < -0.3 is 34.3 Å². The van der Waals surface area contributed by atoms with Gasteiger partial charge in [0.25, 0.3) is 0 Å². The van der Waals surface area contributed by atoms with E-state index in [1.807, 2.05) is 0 Å². The van der Waals surface area contributed by atoms with Crippen molar-refractivity contribution in [2.24, 2.45) is 5.92 Å². The van der Waals surface area contributed by atoms with Gasteiger partial charge in [-0.15, -0.1) is 0 Å². The number of aliphatic hydroxyl groups is 3. The fourth-order valence-corrected chi connectivity index (χ4v) is 6.38. The summed E-state index contributed by atoms with van der Waals surface area (Å²) in [5.74, 6) is -4.23. The van der Waals surface area contributed by atoms with E-state index < -0.39 is 77.4 Å². The Morgan fingerprint density at radius 3 is 2.29 bits per heavy atom. The molecular formula is C30H44O11. The number of allylic oxidation sites excluding steroid dienone is 1. The van der Waals surface area contributed by atoms with Gasteiger partial charge in [0, 0.05) is 25.3 Å². The second-order valence-electron chi connectivity index (χ2n) is 11.8. The Kier molecular flexibility index (Phi) is 9.77. The molecule has 0 aromatic heterocycles. The molecule has 0 bridgehead atoms. The molecule has 11 heteroatoms. The van der Waals surface area contributed by atoms with Gasteiger partial charge in [-0.2, -0.15) is 0 Å². The van der Waals surface area contributed by atoms with E-state index in [2.05, 4.69) is 6.92 Å². The van der Waals surface area contributed by atoms with E-state index >= 15 is 0 Å². The minimum atomic E-state index is -2.55. The van der Waals surface area contributed by atoms with Gasteiger partial charge in [0.15, 0.2) is 29.5 Å². The Morgan fingerprint density at radius 2 is 1.71 bits per heavy atom. The summed E-state index contributed by atoms with van der Waals surface area (Å²) >= 11 is 0. The van der Waals surface area contributed by atoms with Crippen LogP contribution in [0.4, 0.5) is 0 Å². The van der Waals surface area contributed by atoms with Crippen LogP contribution in [0.25, 0.3) is 0 Å². The summed E-state index contributed by atoms with van der Waals surface area (Å²) in [5, 5.41) is 34.1. The van der Waals surface area contributed by atoms with Gasteiger partial charge >= 0.3 is 23.9 Å². The van der Waals surface area contributed by atoms with Crippen LogP contribution in [0.5, 0.6) is 0 Å². The average molecular weight is 581 g/mol. The first-order valence-electron chi connectivity index (χ1n) is 14.3. The maximum atomic E-state index is 13.1. The largest absolute Gasteiger partial charge is 0.459 e. The van der Waals surface area contributed by atoms with E-state index in [0.717, 1.165) is 32.6 Å². The zero-order valence-corrected chi connectivity index (χ0v) is 25.0. The van der Waals surface area contributed by atoms with Gasteiger partial charge in [-0.05, 0) is 52.2 Å². The highest BCUT2D eigenvalue weighted by atomic mass is 16.6. The molecule has 0 aromatic carbocycles. The van der Waals surface area contributed by atoms with E-state index in [4.69, 9.17) is 18.9 Å². The van der Waals surface area contributed by atoms with Crippen LogP contribution in [-0.4, -0.2) is 80.4 Å². The molecule has 3 aliphatic rings. The van der Waals surface area contributed by atoms with Gasteiger partial charge in [-0.25, -0.2) is 9.59 Å². The zero-order chi connectivity index (χ0) is 30.9. The van der Waals surface area contributed by atoms with Crippen molar-refractivity contribution < 1.29 is 53.4 Å². The number of esters is 4. The van der Waals surface area contributed by atoms with E-state index in [9.17, 15) is 34.5 Å².